The van der Waals surface area contributed by atoms with E-state index >= 15 is 0 Å². The molecule has 0 radical (unpaired) electrons. The largest absolute Gasteiger partial charge is 0.409 e. The maximum atomic E-state index is 8.41. The van der Waals surface area contributed by atoms with E-state index in [0.717, 1.165) is 11.1 Å². The Morgan fingerprint density at radius 3 is 2.47 bits per heavy atom. The Labute approximate surface area is 89.4 Å². The van der Waals surface area contributed by atoms with E-state index in [2.05, 4.69) is 5.16 Å². The molecule has 15 heavy (non-hydrogen) atoms. The first kappa shape index (κ1) is 11.5. The lowest BCUT2D eigenvalue weighted by atomic mass is 10.1. The minimum atomic E-state index is 0.215. The van der Waals surface area contributed by atoms with Crippen LogP contribution in [0.25, 0.3) is 0 Å². The van der Waals surface area contributed by atoms with E-state index in [4.69, 9.17) is 15.7 Å². The van der Waals surface area contributed by atoms with Gasteiger partial charge in [-0.05, 0) is 18.1 Å². The van der Waals surface area contributed by atoms with E-state index < -0.39 is 0 Å². The molecular weight excluding hydrogens is 192 g/mol. The molecule has 4 heteroatoms. The number of nitrogens with zero attached hydrogens (tertiary/aromatic N) is 1. The number of rotatable bonds is 5. The molecule has 3 N–H and O–H groups in total. The molecule has 4 nitrogen and oxygen atoms in total. The number of oxime groups is 1. The third kappa shape index (κ3) is 3.99. The van der Waals surface area contributed by atoms with Gasteiger partial charge in [-0.15, -0.1) is 0 Å². The fourth-order valence-electron chi connectivity index (χ4n) is 1.22. The Kier molecular flexibility index (Phi) is 4.63. The van der Waals surface area contributed by atoms with Crippen molar-refractivity contribution in [1.29, 1.82) is 0 Å². The van der Waals surface area contributed by atoms with E-state index in [1.165, 1.54) is 0 Å². The topological polar surface area (TPSA) is 67.8 Å². The minimum Gasteiger partial charge on any atom is -0.409 e. The monoisotopic (exact) mass is 208 g/mol. The minimum absolute atomic E-state index is 0.215. The highest BCUT2D eigenvalue weighted by molar-refractivity contribution is 5.81. The van der Waals surface area contributed by atoms with Crippen LogP contribution in [0.5, 0.6) is 0 Å². The van der Waals surface area contributed by atoms with Gasteiger partial charge in [-0.2, -0.15) is 0 Å². The lowest BCUT2D eigenvalue weighted by Crippen LogP contribution is -2.14. The van der Waals surface area contributed by atoms with Gasteiger partial charge < -0.3 is 15.7 Å². The van der Waals surface area contributed by atoms with Crippen LogP contribution in [0.15, 0.2) is 29.4 Å². The molecule has 0 fully saturated rings. The van der Waals surface area contributed by atoms with Crippen molar-refractivity contribution in [2.45, 2.75) is 20.0 Å². The highest BCUT2D eigenvalue weighted by atomic mass is 16.5. The third-order valence-electron chi connectivity index (χ3n) is 2.01. The molecule has 82 valence electrons. The van der Waals surface area contributed by atoms with E-state index in [0.29, 0.717) is 19.6 Å². The van der Waals surface area contributed by atoms with Crippen molar-refractivity contribution in [3.05, 3.63) is 35.4 Å². The van der Waals surface area contributed by atoms with Gasteiger partial charge in [0.15, 0.2) is 0 Å². The lowest BCUT2D eigenvalue weighted by Gasteiger charge is -2.03. The van der Waals surface area contributed by atoms with Crippen molar-refractivity contribution in [1.82, 2.24) is 0 Å². The highest BCUT2D eigenvalue weighted by Gasteiger charge is 1.98. The summed E-state index contributed by atoms with van der Waals surface area (Å²) < 4.78 is 5.27. The molecule has 1 aromatic carbocycles. The first-order chi connectivity index (χ1) is 7.26. The number of amidine groups is 1. The van der Waals surface area contributed by atoms with Gasteiger partial charge in [0, 0.05) is 13.0 Å². The van der Waals surface area contributed by atoms with Crippen molar-refractivity contribution in [2.75, 3.05) is 6.61 Å². The van der Waals surface area contributed by atoms with Gasteiger partial charge in [0.25, 0.3) is 0 Å². The Bertz CT molecular complexity index is 320. The molecule has 0 saturated carbocycles. The van der Waals surface area contributed by atoms with Gasteiger partial charge in [-0.25, -0.2) is 0 Å². The van der Waals surface area contributed by atoms with E-state index in [1.807, 2.05) is 31.2 Å². The molecule has 0 amide bonds. The number of hydrogen-bond acceptors (Lipinski definition) is 3. The Morgan fingerprint density at radius 2 is 1.93 bits per heavy atom. The molecule has 1 rings (SSSR count). The predicted molar refractivity (Wildman–Crippen MR) is 58.9 cm³/mol. The van der Waals surface area contributed by atoms with E-state index in [-0.39, 0.29) is 5.84 Å². The van der Waals surface area contributed by atoms with Crippen LogP contribution in [0.4, 0.5) is 0 Å². The van der Waals surface area contributed by atoms with Crippen LogP contribution in [0.3, 0.4) is 0 Å². The van der Waals surface area contributed by atoms with Crippen LogP contribution < -0.4 is 5.73 Å². The van der Waals surface area contributed by atoms with Gasteiger partial charge in [-0.3, -0.25) is 0 Å². The Hall–Kier alpha value is -1.55. The van der Waals surface area contributed by atoms with Crippen molar-refractivity contribution < 1.29 is 9.94 Å². The molecule has 0 bridgehead atoms. The highest BCUT2D eigenvalue weighted by Crippen LogP contribution is 2.06. The fraction of sp³-hybridized carbons (Fsp3) is 0.364. The van der Waals surface area contributed by atoms with Gasteiger partial charge in [0.2, 0.25) is 0 Å². The van der Waals surface area contributed by atoms with Crippen molar-refractivity contribution in [3.63, 3.8) is 0 Å². The summed E-state index contributed by atoms with van der Waals surface area (Å²) in [5, 5.41) is 11.3. The molecule has 1 aromatic rings. The van der Waals surface area contributed by atoms with Gasteiger partial charge in [-0.1, -0.05) is 29.4 Å². The maximum absolute atomic E-state index is 8.41. The number of benzene rings is 1. The Balaban J connectivity index is 2.56. The number of hydrogen-bond donors (Lipinski definition) is 2. The molecule has 0 atom stereocenters. The summed E-state index contributed by atoms with van der Waals surface area (Å²) >= 11 is 0. The lowest BCUT2D eigenvalue weighted by molar-refractivity contribution is 0.134. The van der Waals surface area contributed by atoms with E-state index in [9.17, 15) is 0 Å². The summed E-state index contributed by atoms with van der Waals surface area (Å²) in [4.78, 5) is 0. The third-order valence-corrected chi connectivity index (χ3v) is 2.01. The molecule has 0 saturated heterocycles. The van der Waals surface area contributed by atoms with E-state index in [1.54, 1.807) is 0 Å². The molecule has 0 aromatic heterocycles. The van der Waals surface area contributed by atoms with Crippen LogP contribution in [0.1, 0.15) is 18.1 Å². The van der Waals surface area contributed by atoms with Crippen LogP contribution >= 0.6 is 0 Å². The summed E-state index contributed by atoms with van der Waals surface area (Å²) in [5.41, 5.74) is 7.54. The van der Waals surface area contributed by atoms with Crippen molar-refractivity contribution in [3.8, 4) is 0 Å². The average Bonchev–Trinajstić information content (AvgIpc) is 2.28. The number of nitrogens with two attached hydrogens (primary N) is 1. The van der Waals surface area contributed by atoms with Gasteiger partial charge >= 0.3 is 0 Å². The van der Waals surface area contributed by atoms with Crippen molar-refractivity contribution in [2.24, 2.45) is 10.9 Å². The van der Waals surface area contributed by atoms with Crippen LogP contribution in [-0.4, -0.2) is 17.6 Å². The first-order valence-electron chi connectivity index (χ1n) is 4.88. The smallest absolute Gasteiger partial charge is 0.143 e. The van der Waals surface area contributed by atoms with Crippen LogP contribution in [0.2, 0.25) is 0 Å². The second kappa shape index (κ2) is 6.03. The van der Waals surface area contributed by atoms with Gasteiger partial charge in [0.1, 0.15) is 5.84 Å². The quantitative estimate of drug-likeness (QED) is 0.333. The zero-order valence-corrected chi connectivity index (χ0v) is 8.81. The van der Waals surface area contributed by atoms with Gasteiger partial charge in [0.05, 0.1) is 6.61 Å². The summed E-state index contributed by atoms with van der Waals surface area (Å²) in [6.45, 7) is 3.30. The fourth-order valence-corrected chi connectivity index (χ4v) is 1.22. The first-order valence-corrected chi connectivity index (χ1v) is 4.88. The zero-order chi connectivity index (χ0) is 11.1. The normalized spacial score (nSPS) is 11.7. The number of ether oxygens (including phenoxy) is 1. The molecular formula is C11H16N2O2. The second-order valence-electron chi connectivity index (χ2n) is 3.22. The average molecular weight is 208 g/mol. The van der Waals surface area contributed by atoms with Crippen LogP contribution in [-0.2, 0) is 17.8 Å². The summed E-state index contributed by atoms with van der Waals surface area (Å²) in [6.07, 6.45) is 0.464. The molecule has 0 aliphatic carbocycles. The second-order valence-corrected chi connectivity index (χ2v) is 3.22. The Morgan fingerprint density at radius 1 is 1.33 bits per heavy atom. The molecule has 0 unspecified atom stereocenters. The van der Waals surface area contributed by atoms with Crippen LogP contribution in [0, 0.1) is 0 Å². The summed E-state index contributed by atoms with van der Waals surface area (Å²) in [5.74, 6) is 0.215. The van der Waals surface area contributed by atoms with Crippen molar-refractivity contribution >= 4 is 5.84 Å². The molecule has 0 aliphatic heterocycles. The predicted octanol–water partition coefficient (Wildman–Crippen LogP) is 1.51. The molecule has 0 aliphatic rings. The zero-order valence-electron chi connectivity index (χ0n) is 8.81. The summed E-state index contributed by atoms with van der Waals surface area (Å²) in [7, 11) is 0. The summed E-state index contributed by atoms with van der Waals surface area (Å²) in [6, 6.07) is 7.87. The SMILES string of the molecule is CCOCc1ccc(C/C(N)=N/O)cc1. The molecule has 0 heterocycles. The standard InChI is InChI=1S/C11H16N2O2/c1-2-15-8-10-5-3-9(4-6-10)7-11(12)13-14/h3-6,14H,2,7-8H2,1H3,(H2,12,13). The maximum Gasteiger partial charge on any atom is 0.143 e. The molecule has 0 spiro atoms.